The molecule has 1 N–H and O–H groups in total. The van der Waals surface area contributed by atoms with Gasteiger partial charge < -0.3 is 15.1 Å². The molecule has 3 aromatic rings. The number of benzene rings is 1. The molecule has 7 heteroatoms. The smallest absolute Gasteiger partial charge is 0.194 e. The zero-order valence-electron chi connectivity index (χ0n) is 15.5. The average molecular weight is 381 g/mol. The molecule has 1 aromatic carbocycles. The van der Waals surface area contributed by atoms with Crippen LogP contribution in [0, 0.1) is 0 Å². The Morgan fingerprint density at radius 1 is 1.07 bits per heavy atom. The highest BCUT2D eigenvalue weighted by atomic mass is 32.1. The molecule has 0 bridgehead atoms. The highest BCUT2D eigenvalue weighted by Crippen LogP contribution is 2.22. The Hall–Kier alpha value is -2.80. The van der Waals surface area contributed by atoms with Crippen LogP contribution in [0.1, 0.15) is 5.69 Å². The third-order valence-electron chi connectivity index (χ3n) is 4.70. The molecular formula is C20H24N6S. The zero-order valence-corrected chi connectivity index (χ0v) is 16.3. The highest BCUT2D eigenvalue weighted by molar-refractivity contribution is 7.14. The molecule has 0 unspecified atom stereocenters. The lowest BCUT2D eigenvalue weighted by Crippen LogP contribution is -2.52. The number of nitrogens with zero attached hydrogens (tertiary/aromatic N) is 5. The van der Waals surface area contributed by atoms with Crippen molar-refractivity contribution >= 4 is 22.3 Å². The molecule has 0 spiro atoms. The minimum absolute atomic E-state index is 0.664. The second-order valence-electron chi connectivity index (χ2n) is 6.41. The van der Waals surface area contributed by atoms with E-state index < -0.39 is 0 Å². The maximum atomic E-state index is 4.65. The van der Waals surface area contributed by atoms with Crippen molar-refractivity contribution in [3.8, 4) is 5.69 Å². The van der Waals surface area contributed by atoms with Gasteiger partial charge in [-0.2, -0.15) is 5.10 Å². The van der Waals surface area contributed by atoms with Crippen LogP contribution >= 0.6 is 11.3 Å². The first-order valence-electron chi connectivity index (χ1n) is 9.17. The predicted octanol–water partition coefficient (Wildman–Crippen LogP) is 2.83. The molecule has 1 fully saturated rings. The van der Waals surface area contributed by atoms with E-state index in [0.29, 0.717) is 6.54 Å². The first kappa shape index (κ1) is 17.6. The van der Waals surface area contributed by atoms with E-state index >= 15 is 0 Å². The van der Waals surface area contributed by atoms with Crippen LogP contribution in [-0.4, -0.2) is 53.9 Å². The molecule has 0 atom stereocenters. The summed E-state index contributed by atoms with van der Waals surface area (Å²) in [7, 11) is 1.84. The standard InChI is InChI=1S/C20H24N6S/c1-21-20(25-13-11-24(12-14-25)19-8-5-15-27-19)22-16-17-9-10-26(23-17)18-6-3-2-4-7-18/h2-10,15H,11-14,16H2,1H3,(H,21,22). The molecule has 6 nitrogen and oxygen atoms in total. The van der Waals surface area contributed by atoms with Crippen LogP contribution in [0.2, 0.25) is 0 Å². The number of hydrogen-bond donors (Lipinski definition) is 1. The minimum atomic E-state index is 0.664. The van der Waals surface area contributed by atoms with Gasteiger partial charge in [-0.25, -0.2) is 4.68 Å². The maximum Gasteiger partial charge on any atom is 0.194 e. The highest BCUT2D eigenvalue weighted by Gasteiger charge is 2.20. The number of piperazine rings is 1. The van der Waals surface area contributed by atoms with Gasteiger partial charge in [-0.05, 0) is 35.7 Å². The van der Waals surface area contributed by atoms with Crippen molar-refractivity contribution in [3.63, 3.8) is 0 Å². The van der Waals surface area contributed by atoms with Gasteiger partial charge in [-0.15, -0.1) is 11.3 Å². The fourth-order valence-corrected chi connectivity index (χ4v) is 4.06. The van der Waals surface area contributed by atoms with Crippen LogP contribution in [0.3, 0.4) is 0 Å². The van der Waals surface area contributed by atoms with E-state index in [9.17, 15) is 0 Å². The van der Waals surface area contributed by atoms with E-state index in [2.05, 4.69) is 54.9 Å². The van der Waals surface area contributed by atoms with Gasteiger partial charge in [0.05, 0.1) is 22.9 Å². The molecule has 1 saturated heterocycles. The summed E-state index contributed by atoms with van der Waals surface area (Å²) in [6.07, 6.45) is 1.99. The molecule has 4 rings (SSSR count). The number of aliphatic imine (C=N–C) groups is 1. The Kier molecular flexibility index (Phi) is 5.39. The molecule has 27 heavy (non-hydrogen) atoms. The maximum absolute atomic E-state index is 4.65. The van der Waals surface area contributed by atoms with Crippen LogP contribution in [0.25, 0.3) is 5.69 Å². The van der Waals surface area contributed by atoms with Gasteiger partial charge in [0.25, 0.3) is 0 Å². The lowest BCUT2D eigenvalue weighted by atomic mass is 10.3. The number of hydrogen-bond acceptors (Lipinski definition) is 4. The molecule has 0 amide bonds. The first-order chi connectivity index (χ1) is 13.3. The van der Waals surface area contributed by atoms with Gasteiger partial charge >= 0.3 is 0 Å². The molecule has 3 heterocycles. The normalized spacial score (nSPS) is 15.2. The Morgan fingerprint density at radius 2 is 1.89 bits per heavy atom. The van der Waals surface area contributed by atoms with E-state index in [1.807, 2.05) is 42.2 Å². The number of nitrogens with one attached hydrogen (secondary N) is 1. The van der Waals surface area contributed by atoms with Crippen molar-refractivity contribution < 1.29 is 0 Å². The van der Waals surface area contributed by atoms with Crippen molar-refractivity contribution in [2.45, 2.75) is 6.54 Å². The topological polar surface area (TPSA) is 48.7 Å². The monoisotopic (exact) mass is 380 g/mol. The van der Waals surface area contributed by atoms with Crippen molar-refractivity contribution in [1.29, 1.82) is 0 Å². The number of para-hydroxylation sites is 1. The minimum Gasteiger partial charge on any atom is -0.360 e. The number of thiophene rings is 1. The number of aromatic nitrogens is 2. The van der Waals surface area contributed by atoms with Crippen LogP contribution in [0.15, 0.2) is 65.1 Å². The summed E-state index contributed by atoms with van der Waals surface area (Å²) in [4.78, 5) is 9.22. The van der Waals surface area contributed by atoms with Crippen LogP contribution in [0.4, 0.5) is 5.00 Å². The quantitative estimate of drug-likeness (QED) is 0.559. The second kappa shape index (κ2) is 8.26. The van der Waals surface area contributed by atoms with Crippen molar-refractivity contribution in [1.82, 2.24) is 20.0 Å². The molecule has 0 aliphatic carbocycles. The van der Waals surface area contributed by atoms with Crippen molar-refractivity contribution in [3.05, 3.63) is 65.8 Å². The summed E-state index contributed by atoms with van der Waals surface area (Å²) in [6, 6.07) is 16.5. The fraction of sp³-hybridized carbons (Fsp3) is 0.300. The molecule has 0 saturated carbocycles. The van der Waals surface area contributed by atoms with E-state index in [1.54, 1.807) is 11.3 Å². The van der Waals surface area contributed by atoms with Crippen molar-refractivity contribution in [2.24, 2.45) is 4.99 Å². The molecule has 0 radical (unpaired) electrons. The molecular weight excluding hydrogens is 356 g/mol. The van der Waals surface area contributed by atoms with Gasteiger partial charge in [0.15, 0.2) is 5.96 Å². The number of anilines is 1. The van der Waals surface area contributed by atoms with Gasteiger partial charge in [0.1, 0.15) is 0 Å². The van der Waals surface area contributed by atoms with E-state index in [1.165, 1.54) is 5.00 Å². The summed E-state index contributed by atoms with van der Waals surface area (Å²) >= 11 is 1.80. The lowest BCUT2D eigenvalue weighted by Gasteiger charge is -2.36. The largest absolute Gasteiger partial charge is 0.360 e. The Labute approximate surface area is 163 Å². The molecule has 1 aliphatic heterocycles. The molecule has 2 aromatic heterocycles. The molecule has 140 valence electrons. The first-order valence-corrected chi connectivity index (χ1v) is 10.1. The number of rotatable bonds is 4. The van der Waals surface area contributed by atoms with Gasteiger partial charge in [0, 0.05) is 39.4 Å². The third kappa shape index (κ3) is 4.14. The summed E-state index contributed by atoms with van der Waals surface area (Å²) in [5, 5.41) is 11.6. The van der Waals surface area contributed by atoms with Crippen LogP contribution < -0.4 is 10.2 Å². The molecule has 1 aliphatic rings. The van der Waals surface area contributed by atoms with Crippen LogP contribution in [-0.2, 0) is 6.54 Å². The Bertz CT molecular complexity index is 863. The van der Waals surface area contributed by atoms with Crippen molar-refractivity contribution in [2.75, 3.05) is 38.1 Å². The fourth-order valence-electron chi connectivity index (χ4n) is 3.27. The Morgan fingerprint density at radius 3 is 2.59 bits per heavy atom. The average Bonchev–Trinajstić information content (AvgIpc) is 3.42. The summed E-state index contributed by atoms with van der Waals surface area (Å²) in [5.41, 5.74) is 2.06. The zero-order chi connectivity index (χ0) is 18.5. The SMILES string of the molecule is CN=C(NCc1ccn(-c2ccccc2)n1)N1CCN(c2cccs2)CC1. The Balaban J connectivity index is 1.32. The summed E-state index contributed by atoms with van der Waals surface area (Å²) in [5.74, 6) is 0.940. The van der Waals surface area contributed by atoms with E-state index in [0.717, 1.165) is 43.5 Å². The predicted molar refractivity (Wildman–Crippen MR) is 112 cm³/mol. The van der Waals surface area contributed by atoms with Gasteiger partial charge in [-0.3, -0.25) is 4.99 Å². The van der Waals surface area contributed by atoms with Gasteiger partial charge in [0.2, 0.25) is 0 Å². The van der Waals surface area contributed by atoms with Gasteiger partial charge in [-0.1, -0.05) is 18.2 Å². The van der Waals surface area contributed by atoms with Crippen LogP contribution in [0.5, 0.6) is 0 Å². The second-order valence-corrected chi connectivity index (χ2v) is 7.34. The van der Waals surface area contributed by atoms with E-state index in [-0.39, 0.29) is 0 Å². The van der Waals surface area contributed by atoms with E-state index in [4.69, 9.17) is 0 Å². The number of guanidine groups is 1. The summed E-state index contributed by atoms with van der Waals surface area (Å²) in [6.45, 7) is 4.64. The third-order valence-corrected chi connectivity index (χ3v) is 5.63. The summed E-state index contributed by atoms with van der Waals surface area (Å²) < 4.78 is 1.90. The lowest BCUT2D eigenvalue weighted by molar-refractivity contribution is 0.373.